The first-order valence-corrected chi connectivity index (χ1v) is 6.04. The van der Waals surface area contributed by atoms with Crippen LogP contribution in [0.15, 0.2) is 12.1 Å². The molecule has 1 heterocycles. The Hall–Kier alpha value is -1.55. The van der Waals surface area contributed by atoms with Crippen LogP contribution >= 0.6 is 0 Å². The Bertz CT molecular complexity index is 470. The van der Waals surface area contributed by atoms with E-state index >= 15 is 0 Å². The molecule has 1 aromatic rings. The van der Waals surface area contributed by atoms with E-state index in [1.165, 1.54) is 5.56 Å². The summed E-state index contributed by atoms with van der Waals surface area (Å²) in [6.07, 6.45) is 0.927. The number of hydrogen-bond acceptors (Lipinski definition) is 4. The summed E-state index contributed by atoms with van der Waals surface area (Å²) in [4.78, 5) is 13.9. The average Bonchev–Trinajstić information content (AvgIpc) is 2.36. The second-order valence-electron chi connectivity index (χ2n) is 4.65. The number of carbonyl (C=O) groups excluding carboxylic acids is 1. The standard InChI is InChI=1S/C14H19NO3/c1-9(16)14-11-8-13(18-4)12(17-3)7-10(11)5-6-15(14)2/h7-8,14H,5-6H2,1-4H3. The largest absolute Gasteiger partial charge is 0.493 e. The van der Waals surface area contributed by atoms with Crippen molar-refractivity contribution < 1.29 is 14.3 Å². The predicted octanol–water partition coefficient (Wildman–Crippen LogP) is 1.82. The minimum absolute atomic E-state index is 0.158. The second-order valence-corrected chi connectivity index (χ2v) is 4.65. The summed E-state index contributed by atoms with van der Waals surface area (Å²) in [5, 5.41) is 0. The topological polar surface area (TPSA) is 38.8 Å². The molecular formula is C14H19NO3. The molecule has 1 atom stereocenters. The number of fused-ring (bicyclic) bond motifs is 1. The van der Waals surface area contributed by atoms with Gasteiger partial charge in [0.15, 0.2) is 17.3 Å². The fraction of sp³-hybridized carbons (Fsp3) is 0.500. The maximum Gasteiger partial charge on any atom is 0.161 e. The average molecular weight is 249 g/mol. The van der Waals surface area contributed by atoms with Gasteiger partial charge in [0.1, 0.15) is 0 Å². The molecule has 98 valence electrons. The van der Waals surface area contributed by atoms with Crippen molar-refractivity contribution >= 4 is 5.78 Å². The van der Waals surface area contributed by atoms with E-state index in [1.54, 1.807) is 21.1 Å². The molecule has 0 radical (unpaired) electrons. The number of likely N-dealkylation sites (N-methyl/N-ethyl adjacent to an activating group) is 1. The van der Waals surface area contributed by atoms with Crippen LogP contribution in [0.25, 0.3) is 0 Å². The number of methoxy groups -OCH3 is 2. The van der Waals surface area contributed by atoms with Gasteiger partial charge >= 0.3 is 0 Å². The minimum atomic E-state index is -0.173. The van der Waals surface area contributed by atoms with Crippen LogP contribution in [0.2, 0.25) is 0 Å². The number of nitrogens with zero attached hydrogens (tertiary/aromatic N) is 1. The van der Waals surface area contributed by atoms with Gasteiger partial charge in [0.2, 0.25) is 0 Å². The SMILES string of the molecule is COc1cc2c(cc1OC)C(C(C)=O)N(C)CC2. The summed E-state index contributed by atoms with van der Waals surface area (Å²) in [5.41, 5.74) is 2.21. The van der Waals surface area contributed by atoms with Gasteiger partial charge in [0.05, 0.1) is 20.3 Å². The van der Waals surface area contributed by atoms with Crippen LogP contribution in [0.1, 0.15) is 24.1 Å². The number of rotatable bonds is 3. The van der Waals surface area contributed by atoms with E-state index in [-0.39, 0.29) is 11.8 Å². The normalized spacial score (nSPS) is 19.2. The third-order valence-corrected chi connectivity index (χ3v) is 3.50. The highest BCUT2D eigenvalue weighted by molar-refractivity contribution is 5.84. The first kappa shape index (κ1) is 12.9. The van der Waals surface area contributed by atoms with Crippen LogP contribution in [0, 0.1) is 0 Å². The molecule has 0 fully saturated rings. The summed E-state index contributed by atoms with van der Waals surface area (Å²) in [6, 6.07) is 3.74. The van der Waals surface area contributed by atoms with Crippen molar-refractivity contribution in [2.75, 3.05) is 27.8 Å². The molecule has 18 heavy (non-hydrogen) atoms. The van der Waals surface area contributed by atoms with Gasteiger partial charge in [-0.2, -0.15) is 0 Å². The van der Waals surface area contributed by atoms with E-state index in [2.05, 4.69) is 4.90 Å². The highest BCUT2D eigenvalue weighted by atomic mass is 16.5. The van der Waals surface area contributed by atoms with Crippen molar-refractivity contribution in [2.45, 2.75) is 19.4 Å². The molecule has 0 aliphatic carbocycles. The van der Waals surface area contributed by atoms with Crippen LogP contribution in [-0.4, -0.2) is 38.5 Å². The Morgan fingerprint density at radius 3 is 2.44 bits per heavy atom. The Balaban J connectivity index is 2.54. The Kier molecular flexibility index (Phi) is 3.57. The zero-order valence-electron chi connectivity index (χ0n) is 11.3. The number of carbonyl (C=O) groups is 1. The summed E-state index contributed by atoms with van der Waals surface area (Å²) >= 11 is 0. The second kappa shape index (κ2) is 4.98. The maximum atomic E-state index is 11.8. The maximum absolute atomic E-state index is 11.8. The molecule has 0 spiro atoms. The molecule has 4 heteroatoms. The quantitative estimate of drug-likeness (QED) is 0.819. The molecule has 1 aromatic carbocycles. The van der Waals surface area contributed by atoms with E-state index in [0.717, 1.165) is 24.3 Å². The first-order chi connectivity index (χ1) is 8.58. The third kappa shape index (κ3) is 2.08. The molecule has 0 amide bonds. The summed E-state index contributed by atoms with van der Waals surface area (Å²) in [5.74, 6) is 1.56. The number of ether oxygens (including phenoxy) is 2. The molecule has 1 unspecified atom stereocenters. The lowest BCUT2D eigenvalue weighted by Gasteiger charge is -2.33. The Labute approximate surface area is 107 Å². The van der Waals surface area contributed by atoms with Crippen molar-refractivity contribution in [2.24, 2.45) is 0 Å². The van der Waals surface area contributed by atoms with Crippen molar-refractivity contribution in [1.29, 1.82) is 0 Å². The summed E-state index contributed by atoms with van der Waals surface area (Å²) in [6.45, 7) is 2.51. The monoisotopic (exact) mass is 249 g/mol. The van der Waals surface area contributed by atoms with Crippen LogP contribution < -0.4 is 9.47 Å². The van der Waals surface area contributed by atoms with Crippen molar-refractivity contribution in [3.05, 3.63) is 23.3 Å². The number of hydrogen-bond donors (Lipinski definition) is 0. The van der Waals surface area contributed by atoms with Crippen molar-refractivity contribution in [3.8, 4) is 11.5 Å². The summed E-state index contributed by atoms with van der Waals surface area (Å²) in [7, 11) is 5.22. The van der Waals surface area contributed by atoms with Crippen molar-refractivity contribution in [3.63, 3.8) is 0 Å². The third-order valence-electron chi connectivity index (χ3n) is 3.50. The molecule has 0 saturated heterocycles. The first-order valence-electron chi connectivity index (χ1n) is 6.04. The number of ketones is 1. The van der Waals surface area contributed by atoms with E-state index in [1.807, 2.05) is 19.2 Å². The van der Waals surface area contributed by atoms with E-state index in [4.69, 9.17) is 9.47 Å². The molecule has 0 aromatic heterocycles. The summed E-state index contributed by atoms with van der Waals surface area (Å²) < 4.78 is 10.6. The lowest BCUT2D eigenvalue weighted by Crippen LogP contribution is -2.36. The fourth-order valence-electron chi connectivity index (χ4n) is 2.60. The highest BCUT2D eigenvalue weighted by Gasteiger charge is 2.29. The zero-order chi connectivity index (χ0) is 13.3. The van der Waals surface area contributed by atoms with Gasteiger partial charge in [-0.05, 0) is 43.7 Å². The van der Waals surface area contributed by atoms with Gasteiger partial charge in [-0.1, -0.05) is 0 Å². The molecule has 0 bridgehead atoms. The molecule has 0 N–H and O–H groups in total. The zero-order valence-corrected chi connectivity index (χ0v) is 11.3. The van der Waals surface area contributed by atoms with Crippen LogP contribution in [0.3, 0.4) is 0 Å². The molecule has 1 aliphatic rings. The van der Waals surface area contributed by atoms with Gasteiger partial charge in [-0.25, -0.2) is 0 Å². The van der Waals surface area contributed by atoms with Crippen LogP contribution in [0.5, 0.6) is 11.5 Å². The minimum Gasteiger partial charge on any atom is -0.493 e. The van der Waals surface area contributed by atoms with Gasteiger partial charge in [0.25, 0.3) is 0 Å². The smallest absolute Gasteiger partial charge is 0.161 e. The molecular weight excluding hydrogens is 230 g/mol. The number of benzene rings is 1. The van der Waals surface area contributed by atoms with Crippen LogP contribution in [-0.2, 0) is 11.2 Å². The molecule has 0 saturated carbocycles. The number of Topliss-reactive ketones (excluding diaryl/α,β-unsaturated/α-hetero) is 1. The fourth-order valence-corrected chi connectivity index (χ4v) is 2.60. The van der Waals surface area contributed by atoms with E-state index in [0.29, 0.717) is 5.75 Å². The lowest BCUT2D eigenvalue weighted by molar-refractivity contribution is -0.122. The Morgan fingerprint density at radius 1 is 1.28 bits per heavy atom. The Morgan fingerprint density at radius 2 is 1.89 bits per heavy atom. The molecule has 1 aliphatic heterocycles. The van der Waals surface area contributed by atoms with Crippen molar-refractivity contribution in [1.82, 2.24) is 4.90 Å². The molecule has 2 rings (SSSR count). The van der Waals surface area contributed by atoms with Gasteiger partial charge < -0.3 is 9.47 Å². The van der Waals surface area contributed by atoms with E-state index < -0.39 is 0 Å². The van der Waals surface area contributed by atoms with Crippen LogP contribution in [0.4, 0.5) is 0 Å². The van der Waals surface area contributed by atoms with E-state index in [9.17, 15) is 4.79 Å². The van der Waals surface area contributed by atoms with Gasteiger partial charge in [-0.15, -0.1) is 0 Å². The molecule has 4 nitrogen and oxygen atoms in total. The lowest BCUT2D eigenvalue weighted by atomic mass is 9.90. The predicted molar refractivity (Wildman–Crippen MR) is 69.3 cm³/mol. The van der Waals surface area contributed by atoms with Gasteiger partial charge in [0, 0.05) is 6.54 Å². The van der Waals surface area contributed by atoms with Gasteiger partial charge in [-0.3, -0.25) is 9.69 Å². The highest BCUT2D eigenvalue weighted by Crippen LogP contribution is 2.37.